The van der Waals surface area contributed by atoms with Crippen LogP contribution in [-0.2, 0) is 6.42 Å². The summed E-state index contributed by atoms with van der Waals surface area (Å²) in [5, 5.41) is 4.44. The number of rotatable bonds is 4. The number of aromatic nitrogens is 1. The highest BCUT2D eigenvalue weighted by Gasteiger charge is 2.13. The number of pyridine rings is 1. The molecule has 0 spiro atoms. The molecular formula is C15H18BrFN2. The van der Waals surface area contributed by atoms with Crippen molar-refractivity contribution in [3.8, 4) is 0 Å². The van der Waals surface area contributed by atoms with E-state index in [-0.39, 0.29) is 5.82 Å². The monoisotopic (exact) mass is 324 g/mol. The van der Waals surface area contributed by atoms with Gasteiger partial charge in [-0.3, -0.25) is 4.98 Å². The summed E-state index contributed by atoms with van der Waals surface area (Å²) in [5.41, 5.74) is 3.97. The molecule has 0 amide bonds. The quantitative estimate of drug-likeness (QED) is 0.871. The average molecular weight is 325 g/mol. The maximum atomic E-state index is 13.6. The van der Waals surface area contributed by atoms with E-state index in [1.807, 2.05) is 13.0 Å². The molecule has 0 saturated heterocycles. The Bertz CT molecular complexity index is 611. The second-order valence-electron chi connectivity index (χ2n) is 4.61. The van der Waals surface area contributed by atoms with Crippen LogP contribution < -0.4 is 5.32 Å². The molecule has 102 valence electrons. The molecule has 0 aliphatic heterocycles. The largest absolute Gasteiger partial charge is 0.384 e. The van der Waals surface area contributed by atoms with Gasteiger partial charge in [0.2, 0.25) is 0 Å². The summed E-state index contributed by atoms with van der Waals surface area (Å²) < 4.78 is 14.1. The van der Waals surface area contributed by atoms with E-state index in [0.29, 0.717) is 9.99 Å². The van der Waals surface area contributed by atoms with Crippen LogP contribution in [0.4, 0.5) is 10.1 Å². The fourth-order valence-corrected chi connectivity index (χ4v) is 2.65. The van der Waals surface area contributed by atoms with Crippen molar-refractivity contribution in [2.24, 2.45) is 0 Å². The Hall–Kier alpha value is -1.16. The highest BCUT2D eigenvalue weighted by molar-refractivity contribution is 9.10. The topological polar surface area (TPSA) is 24.9 Å². The molecule has 0 atom stereocenters. The fourth-order valence-electron chi connectivity index (χ4n) is 2.31. The Morgan fingerprint density at radius 2 is 2.05 bits per heavy atom. The van der Waals surface area contributed by atoms with Crippen molar-refractivity contribution in [3.63, 3.8) is 0 Å². The molecule has 0 saturated carbocycles. The lowest BCUT2D eigenvalue weighted by atomic mass is 10.0. The molecule has 19 heavy (non-hydrogen) atoms. The minimum atomic E-state index is -0.273. The van der Waals surface area contributed by atoms with Gasteiger partial charge in [0.15, 0.2) is 0 Å². The van der Waals surface area contributed by atoms with Crippen LogP contribution in [0, 0.1) is 12.7 Å². The second kappa shape index (κ2) is 5.87. The predicted octanol–water partition coefficient (Wildman–Crippen LogP) is 4.83. The number of benzene rings is 1. The number of halogens is 2. The number of nitrogens with one attached hydrogen (secondary N) is 1. The molecule has 0 bridgehead atoms. The SMILES string of the molecule is CCCNc1c(CC)c(C)nc2cc(F)c(Br)cc12. The summed E-state index contributed by atoms with van der Waals surface area (Å²) in [5.74, 6) is -0.273. The molecule has 1 heterocycles. The van der Waals surface area contributed by atoms with E-state index in [1.165, 1.54) is 11.6 Å². The third kappa shape index (κ3) is 2.73. The van der Waals surface area contributed by atoms with Crippen molar-refractivity contribution in [1.29, 1.82) is 0 Å². The van der Waals surface area contributed by atoms with Crippen molar-refractivity contribution < 1.29 is 4.39 Å². The van der Waals surface area contributed by atoms with Crippen molar-refractivity contribution in [3.05, 3.63) is 33.7 Å². The molecule has 0 aliphatic rings. The van der Waals surface area contributed by atoms with Gasteiger partial charge in [-0.25, -0.2) is 4.39 Å². The smallest absolute Gasteiger partial charge is 0.139 e. The molecule has 2 rings (SSSR count). The number of hydrogen-bond acceptors (Lipinski definition) is 2. The van der Waals surface area contributed by atoms with Gasteiger partial charge in [0.1, 0.15) is 5.82 Å². The highest BCUT2D eigenvalue weighted by Crippen LogP contribution is 2.32. The van der Waals surface area contributed by atoms with Gasteiger partial charge in [-0.2, -0.15) is 0 Å². The Kier molecular flexibility index (Phi) is 4.40. The van der Waals surface area contributed by atoms with Gasteiger partial charge in [-0.05, 0) is 47.3 Å². The van der Waals surface area contributed by atoms with Crippen LogP contribution in [0.1, 0.15) is 31.5 Å². The van der Waals surface area contributed by atoms with Gasteiger partial charge in [0.25, 0.3) is 0 Å². The molecule has 4 heteroatoms. The highest BCUT2D eigenvalue weighted by atomic mass is 79.9. The lowest BCUT2D eigenvalue weighted by molar-refractivity contribution is 0.622. The van der Waals surface area contributed by atoms with E-state index >= 15 is 0 Å². The predicted molar refractivity (Wildman–Crippen MR) is 82.3 cm³/mol. The summed E-state index contributed by atoms with van der Waals surface area (Å²) in [7, 11) is 0. The molecule has 2 nitrogen and oxygen atoms in total. The lowest BCUT2D eigenvalue weighted by Crippen LogP contribution is -2.06. The van der Waals surface area contributed by atoms with Crippen molar-refractivity contribution >= 4 is 32.5 Å². The Balaban J connectivity index is 2.73. The third-order valence-electron chi connectivity index (χ3n) is 3.24. The zero-order chi connectivity index (χ0) is 14.0. The Labute approximate surface area is 121 Å². The van der Waals surface area contributed by atoms with Gasteiger partial charge in [-0.15, -0.1) is 0 Å². The Morgan fingerprint density at radius 3 is 2.68 bits per heavy atom. The first kappa shape index (κ1) is 14.3. The van der Waals surface area contributed by atoms with Crippen LogP contribution in [0.5, 0.6) is 0 Å². The van der Waals surface area contributed by atoms with Crippen LogP contribution in [0.3, 0.4) is 0 Å². The van der Waals surface area contributed by atoms with Crippen LogP contribution in [0.25, 0.3) is 10.9 Å². The standard InChI is InChI=1S/C15H18BrFN2/c1-4-6-18-15-10(5-2)9(3)19-14-8-13(17)12(16)7-11(14)15/h7-8H,4-6H2,1-3H3,(H,18,19). The van der Waals surface area contributed by atoms with Gasteiger partial charge < -0.3 is 5.32 Å². The van der Waals surface area contributed by atoms with Gasteiger partial charge >= 0.3 is 0 Å². The number of nitrogens with zero attached hydrogens (tertiary/aromatic N) is 1. The molecule has 0 radical (unpaired) electrons. The first-order valence-electron chi connectivity index (χ1n) is 6.60. The summed E-state index contributed by atoms with van der Waals surface area (Å²) in [6.45, 7) is 7.13. The molecule has 0 unspecified atom stereocenters. The zero-order valence-corrected chi connectivity index (χ0v) is 13.1. The second-order valence-corrected chi connectivity index (χ2v) is 5.47. The average Bonchev–Trinajstić information content (AvgIpc) is 2.38. The number of aryl methyl sites for hydroxylation is 1. The third-order valence-corrected chi connectivity index (χ3v) is 3.85. The first-order chi connectivity index (χ1) is 9.08. The van der Waals surface area contributed by atoms with Crippen molar-refractivity contribution in [2.45, 2.75) is 33.6 Å². The number of hydrogen-bond donors (Lipinski definition) is 1. The van der Waals surface area contributed by atoms with E-state index < -0.39 is 0 Å². The van der Waals surface area contributed by atoms with Crippen molar-refractivity contribution in [1.82, 2.24) is 4.98 Å². The maximum absolute atomic E-state index is 13.6. The van der Waals surface area contributed by atoms with E-state index in [0.717, 1.165) is 36.2 Å². The van der Waals surface area contributed by atoms with Gasteiger partial charge in [0, 0.05) is 29.4 Å². The normalized spacial score (nSPS) is 11.0. The summed E-state index contributed by atoms with van der Waals surface area (Å²) in [6.07, 6.45) is 1.96. The summed E-state index contributed by atoms with van der Waals surface area (Å²) in [6, 6.07) is 3.30. The van der Waals surface area contributed by atoms with E-state index in [9.17, 15) is 4.39 Å². The molecule has 1 N–H and O–H groups in total. The van der Waals surface area contributed by atoms with Gasteiger partial charge in [0.05, 0.1) is 9.99 Å². The molecule has 1 aromatic heterocycles. The zero-order valence-electron chi connectivity index (χ0n) is 11.5. The Morgan fingerprint density at radius 1 is 1.32 bits per heavy atom. The van der Waals surface area contributed by atoms with E-state index in [1.54, 1.807) is 0 Å². The molecule has 0 fully saturated rings. The van der Waals surface area contributed by atoms with E-state index in [2.05, 4.69) is 40.1 Å². The first-order valence-corrected chi connectivity index (χ1v) is 7.39. The van der Waals surface area contributed by atoms with Crippen LogP contribution in [-0.4, -0.2) is 11.5 Å². The molecular weight excluding hydrogens is 307 g/mol. The molecule has 1 aromatic carbocycles. The van der Waals surface area contributed by atoms with E-state index in [4.69, 9.17) is 0 Å². The minimum absolute atomic E-state index is 0.273. The lowest BCUT2D eigenvalue weighted by Gasteiger charge is -2.16. The maximum Gasteiger partial charge on any atom is 0.139 e. The van der Waals surface area contributed by atoms with Crippen LogP contribution in [0.15, 0.2) is 16.6 Å². The van der Waals surface area contributed by atoms with Gasteiger partial charge in [-0.1, -0.05) is 13.8 Å². The van der Waals surface area contributed by atoms with Crippen LogP contribution >= 0.6 is 15.9 Å². The number of anilines is 1. The summed E-state index contributed by atoms with van der Waals surface area (Å²) in [4.78, 5) is 4.52. The number of fused-ring (bicyclic) bond motifs is 1. The summed E-state index contributed by atoms with van der Waals surface area (Å²) >= 11 is 3.25. The fraction of sp³-hybridized carbons (Fsp3) is 0.400. The molecule has 2 aromatic rings. The van der Waals surface area contributed by atoms with Crippen LogP contribution in [0.2, 0.25) is 0 Å². The van der Waals surface area contributed by atoms with Crippen molar-refractivity contribution in [2.75, 3.05) is 11.9 Å². The minimum Gasteiger partial charge on any atom is -0.384 e. The molecule has 0 aliphatic carbocycles.